The number of amides is 2. The van der Waals surface area contributed by atoms with Crippen LogP contribution in [0.3, 0.4) is 0 Å². The Hall–Kier alpha value is -3.31. The number of carbonyl (C=O) groups excluding carboxylic acids is 2. The van der Waals surface area contributed by atoms with Crippen molar-refractivity contribution in [2.24, 2.45) is 5.92 Å². The number of anilines is 2. The molecule has 0 aromatic heterocycles. The predicted octanol–water partition coefficient (Wildman–Crippen LogP) is 5.56. The maximum absolute atomic E-state index is 13.0. The lowest BCUT2D eigenvalue weighted by molar-refractivity contribution is -0.134. The number of nitrogens with zero attached hydrogens (tertiary/aromatic N) is 2. The van der Waals surface area contributed by atoms with Crippen LogP contribution in [-0.4, -0.2) is 42.9 Å². The van der Waals surface area contributed by atoms with Gasteiger partial charge in [0.15, 0.2) is 0 Å². The second kappa shape index (κ2) is 10.1. The second-order valence-electron chi connectivity index (χ2n) is 8.53. The van der Waals surface area contributed by atoms with Gasteiger partial charge in [0.05, 0.1) is 11.4 Å². The molecule has 2 amide bonds. The zero-order valence-corrected chi connectivity index (χ0v) is 19.7. The van der Waals surface area contributed by atoms with Gasteiger partial charge >= 0.3 is 0 Å². The van der Waals surface area contributed by atoms with Crippen molar-refractivity contribution in [3.8, 4) is 11.1 Å². The Balaban J connectivity index is 1.48. The minimum Gasteiger partial charge on any atom is -0.366 e. The van der Waals surface area contributed by atoms with Gasteiger partial charge in [0.1, 0.15) is 0 Å². The Labute approximate surface area is 200 Å². The summed E-state index contributed by atoms with van der Waals surface area (Å²) in [5, 5.41) is 3.59. The molecule has 0 atom stereocenters. The fraction of sp³-hybridized carbons (Fsp3) is 0.259. The maximum Gasteiger partial charge on any atom is 0.255 e. The molecule has 1 saturated heterocycles. The van der Waals surface area contributed by atoms with E-state index in [9.17, 15) is 9.59 Å². The normalized spacial score (nSPS) is 13.8. The molecule has 1 aliphatic heterocycles. The van der Waals surface area contributed by atoms with Crippen molar-refractivity contribution < 1.29 is 9.59 Å². The summed E-state index contributed by atoms with van der Waals surface area (Å²) in [4.78, 5) is 29.4. The average molecular weight is 462 g/mol. The van der Waals surface area contributed by atoms with Gasteiger partial charge in [-0.2, -0.15) is 0 Å². The quantitative estimate of drug-likeness (QED) is 0.540. The van der Waals surface area contributed by atoms with E-state index in [1.165, 1.54) is 0 Å². The molecule has 3 aromatic rings. The number of benzene rings is 3. The summed E-state index contributed by atoms with van der Waals surface area (Å²) >= 11 is 6.25. The SMILES string of the molecule is CC(C)C(=O)N1CCN(c2ccc(Cl)cc2NC(=O)c2ccc(-c3ccccc3)cc2)CC1. The van der Waals surface area contributed by atoms with E-state index in [2.05, 4.69) is 10.2 Å². The van der Waals surface area contributed by atoms with E-state index in [1.807, 2.05) is 85.5 Å². The summed E-state index contributed by atoms with van der Waals surface area (Å²) in [7, 11) is 0. The predicted molar refractivity (Wildman–Crippen MR) is 135 cm³/mol. The molecule has 3 aromatic carbocycles. The fourth-order valence-corrected chi connectivity index (χ4v) is 4.23. The minimum atomic E-state index is -0.188. The van der Waals surface area contributed by atoms with Crippen LogP contribution in [0.5, 0.6) is 0 Å². The molecule has 1 fully saturated rings. The third-order valence-corrected chi connectivity index (χ3v) is 6.12. The topological polar surface area (TPSA) is 52.7 Å². The number of hydrogen-bond donors (Lipinski definition) is 1. The Bertz CT molecular complexity index is 1120. The van der Waals surface area contributed by atoms with Crippen molar-refractivity contribution in [2.45, 2.75) is 13.8 Å². The van der Waals surface area contributed by atoms with Gasteiger partial charge in [0.2, 0.25) is 5.91 Å². The van der Waals surface area contributed by atoms with Crippen molar-refractivity contribution in [3.63, 3.8) is 0 Å². The monoisotopic (exact) mass is 461 g/mol. The Morgan fingerprint density at radius 3 is 2.12 bits per heavy atom. The smallest absolute Gasteiger partial charge is 0.255 e. The Morgan fingerprint density at radius 2 is 1.48 bits per heavy atom. The molecule has 1 N–H and O–H groups in total. The molecule has 0 unspecified atom stereocenters. The third-order valence-electron chi connectivity index (χ3n) is 5.89. The molecule has 4 rings (SSSR count). The summed E-state index contributed by atoms with van der Waals surface area (Å²) in [6, 6.07) is 23.2. The van der Waals surface area contributed by atoms with Gasteiger partial charge < -0.3 is 15.1 Å². The molecule has 6 heteroatoms. The summed E-state index contributed by atoms with van der Waals surface area (Å²) in [5.41, 5.74) is 4.32. The van der Waals surface area contributed by atoms with Gasteiger partial charge in [0, 0.05) is 42.7 Å². The standard InChI is InChI=1S/C27H28ClN3O2/c1-19(2)27(33)31-16-14-30(15-17-31)25-13-12-23(28)18-24(25)29-26(32)22-10-8-21(9-11-22)20-6-4-3-5-7-20/h3-13,18-19H,14-17H2,1-2H3,(H,29,32). The second-order valence-corrected chi connectivity index (χ2v) is 8.96. The van der Waals surface area contributed by atoms with Gasteiger partial charge in [0.25, 0.3) is 5.91 Å². The van der Waals surface area contributed by atoms with Gasteiger partial charge in [-0.1, -0.05) is 67.9 Å². The highest BCUT2D eigenvalue weighted by molar-refractivity contribution is 6.31. The van der Waals surface area contributed by atoms with Crippen LogP contribution in [-0.2, 0) is 4.79 Å². The number of piperazine rings is 1. The van der Waals surface area contributed by atoms with Gasteiger partial charge in [-0.15, -0.1) is 0 Å². The van der Waals surface area contributed by atoms with E-state index in [1.54, 1.807) is 6.07 Å². The Morgan fingerprint density at radius 1 is 0.848 bits per heavy atom. The lowest BCUT2D eigenvalue weighted by atomic mass is 10.0. The highest BCUT2D eigenvalue weighted by Crippen LogP contribution is 2.31. The molecule has 0 aliphatic carbocycles. The van der Waals surface area contributed by atoms with Crippen LogP contribution < -0.4 is 10.2 Å². The highest BCUT2D eigenvalue weighted by Gasteiger charge is 2.24. The van der Waals surface area contributed by atoms with Crippen LogP contribution in [0.25, 0.3) is 11.1 Å². The molecular weight excluding hydrogens is 434 g/mol. The van der Waals surface area contributed by atoms with E-state index in [4.69, 9.17) is 11.6 Å². The summed E-state index contributed by atoms with van der Waals surface area (Å²) in [6.45, 7) is 6.58. The maximum atomic E-state index is 13.0. The molecule has 170 valence electrons. The van der Waals surface area contributed by atoms with Crippen molar-refractivity contribution in [1.29, 1.82) is 0 Å². The minimum absolute atomic E-state index is 0.00443. The van der Waals surface area contributed by atoms with Crippen LogP contribution in [0, 0.1) is 5.92 Å². The van der Waals surface area contributed by atoms with E-state index < -0.39 is 0 Å². The number of nitrogens with one attached hydrogen (secondary N) is 1. The molecule has 1 heterocycles. The molecule has 0 spiro atoms. The lowest BCUT2D eigenvalue weighted by Crippen LogP contribution is -2.50. The number of hydrogen-bond acceptors (Lipinski definition) is 3. The molecule has 0 bridgehead atoms. The molecule has 0 saturated carbocycles. The molecular formula is C27H28ClN3O2. The number of carbonyl (C=O) groups is 2. The van der Waals surface area contributed by atoms with Gasteiger partial charge in [-0.3, -0.25) is 9.59 Å². The van der Waals surface area contributed by atoms with Crippen LogP contribution >= 0.6 is 11.6 Å². The summed E-state index contributed by atoms with van der Waals surface area (Å²) < 4.78 is 0. The van der Waals surface area contributed by atoms with Gasteiger partial charge in [-0.05, 0) is 41.5 Å². The number of rotatable bonds is 5. The first-order valence-electron chi connectivity index (χ1n) is 11.2. The van der Waals surface area contributed by atoms with Crippen molar-refractivity contribution in [1.82, 2.24) is 4.90 Å². The average Bonchev–Trinajstić information content (AvgIpc) is 2.84. The molecule has 1 aliphatic rings. The van der Waals surface area contributed by atoms with E-state index >= 15 is 0 Å². The molecule has 33 heavy (non-hydrogen) atoms. The third kappa shape index (κ3) is 5.37. The lowest BCUT2D eigenvalue weighted by Gasteiger charge is -2.37. The zero-order chi connectivity index (χ0) is 23.4. The fourth-order valence-electron chi connectivity index (χ4n) is 4.06. The molecule has 5 nitrogen and oxygen atoms in total. The van der Waals surface area contributed by atoms with Crippen molar-refractivity contribution in [3.05, 3.63) is 83.4 Å². The first-order valence-corrected chi connectivity index (χ1v) is 11.6. The summed E-state index contributed by atoms with van der Waals surface area (Å²) in [5.74, 6) is -0.0137. The van der Waals surface area contributed by atoms with Gasteiger partial charge in [-0.25, -0.2) is 0 Å². The van der Waals surface area contributed by atoms with E-state index in [0.717, 1.165) is 16.8 Å². The molecule has 0 radical (unpaired) electrons. The van der Waals surface area contributed by atoms with Crippen molar-refractivity contribution in [2.75, 3.05) is 36.4 Å². The largest absolute Gasteiger partial charge is 0.366 e. The van der Waals surface area contributed by atoms with E-state index in [0.29, 0.717) is 42.5 Å². The first kappa shape index (κ1) is 22.9. The van der Waals surface area contributed by atoms with Crippen LogP contribution in [0.1, 0.15) is 24.2 Å². The number of halogens is 1. The van der Waals surface area contributed by atoms with E-state index in [-0.39, 0.29) is 17.7 Å². The Kier molecular flexibility index (Phi) is 6.99. The van der Waals surface area contributed by atoms with Crippen LogP contribution in [0.2, 0.25) is 5.02 Å². The van der Waals surface area contributed by atoms with Crippen LogP contribution in [0.4, 0.5) is 11.4 Å². The van der Waals surface area contributed by atoms with Crippen molar-refractivity contribution >= 4 is 34.8 Å². The summed E-state index contributed by atoms with van der Waals surface area (Å²) in [6.07, 6.45) is 0. The zero-order valence-electron chi connectivity index (χ0n) is 18.9. The first-order chi connectivity index (χ1) is 15.9. The highest BCUT2D eigenvalue weighted by atomic mass is 35.5. The van der Waals surface area contributed by atoms with Crippen LogP contribution in [0.15, 0.2) is 72.8 Å².